The Morgan fingerprint density at radius 1 is 1.21 bits per heavy atom. The van der Waals surface area contributed by atoms with Crippen molar-refractivity contribution in [3.63, 3.8) is 0 Å². The molecule has 0 unspecified atom stereocenters. The minimum Gasteiger partial charge on any atom is -0.508 e. The third-order valence-corrected chi connectivity index (χ3v) is 4.15. The average molecular weight is 323 g/mol. The maximum absolute atomic E-state index is 13.1. The number of phenols is 1. The molecule has 1 aliphatic rings. The number of anilines is 1. The molecule has 120 valence electrons. The van der Waals surface area contributed by atoms with Crippen molar-refractivity contribution < 1.29 is 14.3 Å². The molecule has 4 rings (SSSR count). The molecule has 1 amide bonds. The number of aromatic nitrogens is 2. The third kappa shape index (κ3) is 2.42. The number of rotatable bonds is 2. The van der Waals surface area contributed by atoms with E-state index in [-0.39, 0.29) is 29.8 Å². The number of nitrogens with one attached hydrogen (secondary N) is 1. The summed E-state index contributed by atoms with van der Waals surface area (Å²) in [5.74, 6) is 0.0425. The number of hydrogen-bond acceptors (Lipinski definition) is 3. The van der Waals surface area contributed by atoms with Crippen molar-refractivity contribution in [1.82, 2.24) is 9.55 Å². The molecule has 2 aromatic carbocycles. The van der Waals surface area contributed by atoms with E-state index in [9.17, 15) is 14.3 Å². The van der Waals surface area contributed by atoms with Gasteiger partial charge in [-0.2, -0.15) is 0 Å². The SMILES string of the molecule is O=C1C[C@H](c2cccc(O)c2)c2ncn(-c3ccc(F)cc3)c2N1. The molecule has 0 saturated carbocycles. The van der Waals surface area contributed by atoms with E-state index < -0.39 is 0 Å². The zero-order valence-corrected chi connectivity index (χ0v) is 12.6. The van der Waals surface area contributed by atoms with E-state index in [2.05, 4.69) is 10.3 Å². The van der Waals surface area contributed by atoms with Gasteiger partial charge in [0, 0.05) is 18.0 Å². The Morgan fingerprint density at radius 3 is 2.75 bits per heavy atom. The summed E-state index contributed by atoms with van der Waals surface area (Å²) < 4.78 is 14.9. The van der Waals surface area contributed by atoms with Gasteiger partial charge in [0.2, 0.25) is 5.91 Å². The fourth-order valence-electron chi connectivity index (χ4n) is 3.02. The lowest BCUT2D eigenvalue weighted by Crippen LogP contribution is -2.24. The maximum Gasteiger partial charge on any atom is 0.226 e. The molecule has 5 nitrogen and oxygen atoms in total. The van der Waals surface area contributed by atoms with Crippen molar-refractivity contribution >= 4 is 11.7 Å². The van der Waals surface area contributed by atoms with Gasteiger partial charge in [-0.3, -0.25) is 9.36 Å². The van der Waals surface area contributed by atoms with Gasteiger partial charge in [0.1, 0.15) is 23.7 Å². The first-order chi connectivity index (χ1) is 11.6. The van der Waals surface area contributed by atoms with Gasteiger partial charge in [-0.15, -0.1) is 0 Å². The molecule has 2 N–H and O–H groups in total. The summed E-state index contributed by atoms with van der Waals surface area (Å²) in [5.41, 5.74) is 2.27. The third-order valence-electron chi connectivity index (χ3n) is 4.15. The second-order valence-corrected chi connectivity index (χ2v) is 5.72. The highest BCUT2D eigenvalue weighted by atomic mass is 19.1. The quantitative estimate of drug-likeness (QED) is 0.761. The summed E-state index contributed by atoms with van der Waals surface area (Å²) in [6.45, 7) is 0. The largest absolute Gasteiger partial charge is 0.508 e. The number of phenolic OH excluding ortho intramolecular Hbond substituents is 1. The molecule has 3 aromatic rings. The van der Waals surface area contributed by atoms with Gasteiger partial charge in [-0.25, -0.2) is 9.37 Å². The van der Waals surface area contributed by atoms with Crippen LogP contribution >= 0.6 is 0 Å². The van der Waals surface area contributed by atoms with Gasteiger partial charge in [0.15, 0.2) is 0 Å². The number of hydrogen-bond donors (Lipinski definition) is 2. The number of imidazole rings is 1. The van der Waals surface area contributed by atoms with Crippen LogP contribution in [-0.2, 0) is 4.79 Å². The zero-order valence-electron chi connectivity index (χ0n) is 12.6. The second kappa shape index (κ2) is 5.49. The van der Waals surface area contributed by atoms with Gasteiger partial charge >= 0.3 is 0 Å². The molecule has 24 heavy (non-hydrogen) atoms. The van der Waals surface area contributed by atoms with E-state index >= 15 is 0 Å². The van der Waals surface area contributed by atoms with E-state index in [1.807, 2.05) is 6.07 Å². The summed E-state index contributed by atoms with van der Waals surface area (Å²) >= 11 is 0. The monoisotopic (exact) mass is 323 g/mol. The summed E-state index contributed by atoms with van der Waals surface area (Å²) in [7, 11) is 0. The number of fused-ring (bicyclic) bond motifs is 1. The van der Waals surface area contributed by atoms with Gasteiger partial charge < -0.3 is 10.4 Å². The number of nitrogens with zero attached hydrogens (tertiary/aromatic N) is 2. The van der Waals surface area contributed by atoms with E-state index in [1.165, 1.54) is 12.1 Å². The highest BCUT2D eigenvalue weighted by Crippen LogP contribution is 2.38. The van der Waals surface area contributed by atoms with Crippen LogP contribution < -0.4 is 5.32 Å². The molecule has 0 spiro atoms. The van der Waals surface area contributed by atoms with Crippen LogP contribution in [0.2, 0.25) is 0 Å². The van der Waals surface area contributed by atoms with Crippen molar-refractivity contribution in [3.05, 3.63) is 71.9 Å². The zero-order chi connectivity index (χ0) is 16.7. The molecule has 6 heteroatoms. The van der Waals surface area contributed by atoms with Crippen LogP contribution in [0.25, 0.3) is 5.69 Å². The lowest BCUT2D eigenvalue weighted by molar-refractivity contribution is -0.116. The lowest BCUT2D eigenvalue weighted by Gasteiger charge is -2.23. The summed E-state index contributed by atoms with van der Waals surface area (Å²) in [6, 6.07) is 12.8. The standard InChI is InChI=1S/C18H14FN3O2/c19-12-4-6-13(7-5-12)22-10-20-17-15(9-16(24)21-18(17)22)11-2-1-3-14(23)8-11/h1-8,10,15,23H,9H2,(H,21,24)/t15-/m1/s1. The van der Waals surface area contributed by atoms with Crippen LogP contribution in [0.4, 0.5) is 10.2 Å². The van der Waals surface area contributed by atoms with Crippen molar-refractivity contribution in [1.29, 1.82) is 0 Å². The van der Waals surface area contributed by atoms with E-state index in [4.69, 9.17) is 0 Å². The first-order valence-electron chi connectivity index (χ1n) is 7.54. The molecule has 0 fully saturated rings. The van der Waals surface area contributed by atoms with Crippen molar-refractivity contribution in [3.8, 4) is 11.4 Å². The fraction of sp³-hybridized carbons (Fsp3) is 0.111. The molecular weight excluding hydrogens is 309 g/mol. The number of aromatic hydroxyl groups is 1. The number of carbonyl (C=O) groups is 1. The van der Waals surface area contributed by atoms with Gasteiger partial charge in [-0.1, -0.05) is 12.1 Å². The Kier molecular flexibility index (Phi) is 3.30. The number of halogens is 1. The predicted octanol–water partition coefficient (Wildman–Crippen LogP) is 3.19. The predicted molar refractivity (Wildman–Crippen MR) is 86.7 cm³/mol. The molecule has 0 saturated heterocycles. The molecular formula is C18H14FN3O2. The van der Waals surface area contributed by atoms with Crippen LogP contribution in [0.3, 0.4) is 0 Å². The maximum atomic E-state index is 13.1. The number of benzene rings is 2. The Morgan fingerprint density at radius 2 is 2.00 bits per heavy atom. The van der Waals surface area contributed by atoms with Crippen LogP contribution in [0.15, 0.2) is 54.9 Å². The molecule has 1 aliphatic heterocycles. The van der Waals surface area contributed by atoms with Crippen LogP contribution in [0, 0.1) is 5.82 Å². The van der Waals surface area contributed by atoms with Crippen LogP contribution in [0.5, 0.6) is 5.75 Å². The normalized spacial score (nSPS) is 16.5. The van der Waals surface area contributed by atoms with Crippen LogP contribution in [-0.4, -0.2) is 20.6 Å². The first-order valence-corrected chi connectivity index (χ1v) is 7.54. The number of carbonyl (C=O) groups excluding carboxylic acids is 1. The van der Waals surface area contributed by atoms with Crippen molar-refractivity contribution in [2.24, 2.45) is 0 Å². The summed E-state index contributed by atoms with van der Waals surface area (Å²) in [5, 5.41) is 12.5. The molecule has 2 heterocycles. The minimum atomic E-state index is -0.325. The minimum absolute atomic E-state index is 0.125. The summed E-state index contributed by atoms with van der Waals surface area (Å²) in [6.07, 6.45) is 1.87. The van der Waals surface area contributed by atoms with E-state index in [0.29, 0.717) is 11.5 Å². The Labute approximate surface area is 137 Å². The second-order valence-electron chi connectivity index (χ2n) is 5.72. The molecule has 0 radical (unpaired) electrons. The topological polar surface area (TPSA) is 67.1 Å². The highest BCUT2D eigenvalue weighted by Gasteiger charge is 2.31. The van der Waals surface area contributed by atoms with Crippen molar-refractivity contribution in [2.75, 3.05) is 5.32 Å². The fourth-order valence-corrected chi connectivity index (χ4v) is 3.02. The number of amides is 1. The van der Waals surface area contributed by atoms with Gasteiger partial charge in [-0.05, 0) is 42.0 Å². The lowest BCUT2D eigenvalue weighted by atomic mass is 9.90. The Hall–Kier alpha value is -3.15. The molecule has 1 atom stereocenters. The molecule has 0 bridgehead atoms. The van der Waals surface area contributed by atoms with E-state index in [1.54, 1.807) is 41.2 Å². The molecule has 1 aromatic heterocycles. The summed E-state index contributed by atoms with van der Waals surface area (Å²) in [4.78, 5) is 16.6. The highest BCUT2D eigenvalue weighted by molar-refractivity contribution is 5.94. The smallest absolute Gasteiger partial charge is 0.226 e. The van der Waals surface area contributed by atoms with E-state index in [0.717, 1.165) is 11.3 Å². The van der Waals surface area contributed by atoms with Crippen molar-refractivity contribution in [2.45, 2.75) is 12.3 Å². The Bertz CT molecular complexity index is 918. The average Bonchev–Trinajstić information content (AvgIpc) is 2.98. The Balaban J connectivity index is 1.81. The van der Waals surface area contributed by atoms with Gasteiger partial charge in [0.05, 0.1) is 5.69 Å². The van der Waals surface area contributed by atoms with Gasteiger partial charge in [0.25, 0.3) is 0 Å². The first kappa shape index (κ1) is 14.4. The van der Waals surface area contributed by atoms with Crippen LogP contribution in [0.1, 0.15) is 23.6 Å². The molecule has 0 aliphatic carbocycles.